The fourth-order valence-electron chi connectivity index (χ4n) is 3.49. The van der Waals surface area contributed by atoms with Gasteiger partial charge >= 0.3 is 0 Å². The van der Waals surface area contributed by atoms with E-state index in [1.807, 2.05) is 30.1 Å². The number of carbonyl (C=O) groups excluding carboxylic acids is 2. The van der Waals surface area contributed by atoms with Gasteiger partial charge in [-0.25, -0.2) is 0 Å². The van der Waals surface area contributed by atoms with Crippen molar-refractivity contribution in [2.75, 3.05) is 32.1 Å². The number of benzene rings is 2. The van der Waals surface area contributed by atoms with Crippen molar-refractivity contribution in [3.8, 4) is 5.75 Å². The number of carbonyl (C=O) groups is 2. The van der Waals surface area contributed by atoms with Gasteiger partial charge < -0.3 is 15.4 Å². The summed E-state index contributed by atoms with van der Waals surface area (Å²) in [6.45, 7) is 1.23. The van der Waals surface area contributed by atoms with Crippen LogP contribution in [0.5, 0.6) is 5.75 Å². The molecule has 2 amide bonds. The molecule has 0 saturated heterocycles. The maximum Gasteiger partial charge on any atom is 0.253 e. The zero-order chi connectivity index (χ0) is 21.3. The molecule has 160 valence electrons. The van der Waals surface area contributed by atoms with Gasteiger partial charge in [0.1, 0.15) is 12.4 Å². The molecule has 1 aliphatic rings. The van der Waals surface area contributed by atoms with Gasteiger partial charge in [0, 0.05) is 17.6 Å². The number of rotatable bonds is 9. The Kier molecular flexibility index (Phi) is 8.11. The van der Waals surface area contributed by atoms with Gasteiger partial charge in [-0.15, -0.1) is 0 Å². The summed E-state index contributed by atoms with van der Waals surface area (Å²) in [7, 11) is 1.85. The smallest absolute Gasteiger partial charge is 0.253 e. The molecule has 1 aliphatic carbocycles. The topological polar surface area (TPSA) is 70.7 Å². The Hall–Kier alpha value is -2.57. The number of para-hydroxylation sites is 1. The third-order valence-corrected chi connectivity index (χ3v) is 5.36. The predicted octanol–water partition coefficient (Wildman–Crippen LogP) is 3.96. The van der Waals surface area contributed by atoms with E-state index >= 15 is 0 Å². The second kappa shape index (κ2) is 11.0. The lowest BCUT2D eigenvalue weighted by Gasteiger charge is -2.18. The SMILES string of the molecule is CN(CCOc1ccc(Cl)cc1)CC(=O)Nc1ccccc1C(=O)NC1CCCC1. The van der Waals surface area contributed by atoms with Crippen LogP contribution in [0.3, 0.4) is 0 Å². The molecule has 0 spiro atoms. The number of ether oxygens (including phenoxy) is 1. The number of hydrogen-bond acceptors (Lipinski definition) is 4. The molecule has 0 unspecified atom stereocenters. The Morgan fingerprint density at radius 3 is 2.53 bits per heavy atom. The third-order valence-electron chi connectivity index (χ3n) is 5.11. The standard InChI is InChI=1S/C23H28ClN3O3/c1-27(14-15-30-19-12-10-17(24)11-13-19)16-22(28)26-21-9-5-4-8-20(21)23(29)25-18-6-2-3-7-18/h4-5,8-13,18H,2-3,6-7,14-16H2,1H3,(H,25,29)(H,26,28). The van der Waals surface area contributed by atoms with E-state index in [9.17, 15) is 9.59 Å². The molecule has 1 fully saturated rings. The first-order valence-electron chi connectivity index (χ1n) is 10.3. The van der Waals surface area contributed by atoms with Gasteiger partial charge in [0.15, 0.2) is 0 Å². The summed E-state index contributed by atoms with van der Waals surface area (Å²) in [6, 6.07) is 14.5. The van der Waals surface area contributed by atoms with Crippen molar-refractivity contribution < 1.29 is 14.3 Å². The fourth-order valence-corrected chi connectivity index (χ4v) is 3.61. The van der Waals surface area contributed by atoms with Gasteiger partial charge in [-0.2, -0.15) is 0 Å². The van der Waals surface area contributed by atoms with Crippen LogP contribution in [-0.4, -0.2) is 49.5 Å². The summed E-state index contributed by atoms with van der Waals surface area (Å²) in [5, 5.41) is 6.60. The largest absolute Gasteiger partial charge is 0.492 e. The lowest BCUT2D eigenvalue weighted by molar-refractivity contribution is -0.117. The van der Waals surface area contributed by atoms with Gasteiger partial charge in [0.2, 0.25) is 5.91 Å². The molecule has 2 N–H and O–H groups in total. The van der Waals surface area contributed by atoms with Crippen LogP contribution in [0, 0.1) is 0 Å². The molecule has 30 heavy (non-hydrogen) atoms. The van der Waals surface area contributed by atoms with Crippen LogP contribution in [0.1, 0.15) is 36.0 Å². The summed E-state index contributed by atoms with van der Waals surface area (Å²) < 4.78 is 5.66. The van der Waals surface area contributed by atoms with Crippen molar-refractivity contribution in [1.29, 1.82) is 0 Å². The maximum atomic E-state index is 12.6. The van der Waals surface area contributed by atoms with Crippen molar-refractivity contribution in [2.45, 2.75) is 31.7 Å². The summed E-state index contributed by atoms with van der Waals surface area (Å²) in [5.41, 5.74) is 1.02. The molecule has 1 saturated carbocycles. The molecule has 7 heteroatoms. The van der Waals surface area contributed by atoms with E-state index in [1.165, 1.54) is 0 Å². The molecule has 6 nitrogen and oxygen atoms in total. The van der Waals surface area contributed by atoms with Crippen LogP contribution in [0.2, 0.25) is 5.02 Å². The average Bonchev–Trinajstić information content (AvgIpc) is 3.22. The lowest BCUT2D eigenvalue weighted by Crippen LogP contribution is -2.35. The van der Waals surface area contributed by atoms with Crippen molar-refractivity contribution in [2.24, 2.45) is 0 Å². The van der Waals surface area contributed by atoms with E-state index in [2.05, 4.69) is 10.6 Å². The van der Waals surface area contributed by atoms with Gasteiger partial charge in [0.25, 0.3) is 5.91 Å². The molecule has 0 aliphatic heterocycles. The predicted molar refractivity (Wildman–Crippen MR) is 119 cm³/mol. The second-order valence-corrected chi connectivity index (χ2v) is 8.03. The molecule has 0 heterocycles. The molecule has 0 bridgehead atoms. The molecule has 0 atom stereocenters. The Balaban J connectivity index is 1.46. The van der Waals surface area contributed by atoms with Gasteiger partial charge in [-0.1, -0.05) is 36.6 Å². The average molecular weight is 430 g/mol. The quantitative estimate of drug-likeness (QED) is 0.633. The molecule has 0 radical (unpaired) electrons. The highest BCUT2D eigenvalue weighted by Gasteiger charge is 2.20. The molecular formula is C23H28ClN3O3. The normalized spacial score (nSPS) is 14.0. The number of nitrogens with zero attached hydrogens (tertiary/aromatic N) is 1. The second-order valence-electron chi connectivity index (χ2n) is 7.59. The van der Waals surface area contributed by atoms with Crippen LogP contribution in [-0.2, 0) is 4.79 Å². The Morgan fingerprint density at radius 1 is 1.10 bits per heavy atom. The summed E-state index contributed by atoms with van der Waals surface area (Å²) >= 11 is 5.86. The van der Waals surface area contributed by atoms with Crippen LogP contribution in [0.15, 0.2) is 48.5 Å². The number of likely N-dealkylation sites (N-methyl/N-ethyl adjacent to an activating group) is 1. The van der Waals surface area contributed by atoms with Gasteiger partial charge in [0.05, 0.1) is 17.8 Å². The van der Waals surface area contributed by atoms with Crippen molar-refractivity contribution in [3.05, 3.63) is 59.1 Å². The fraction of sp³-hybridized carbons (Fsp3) is 0.391. The Bertz CT molecular complexity index is 851. The third kappa shape index (κ3) is 6.75. The first kappa shape index (κ1) is 22.1. The zero-order valence-electron chi connectivity index (χ0n) is 17.2. The monoisotopic (exact) mass is 429 g/mol. The zero-order valence-corrected chi connectivity index (χ0v) is 18.0. The highest BCUT2D eigenvalue weighted by atomic mass is 35.5. The minimum Gasteiger partial charge on any atom is -0.492 e. The maximum absolute atomic E-state index is 12.6. The Morgan fingerprint density at radius 2 is 1.80 bits per heavy atom. The number of nitrogens with one attached hydrogen (secondary N) is 2. The first-order chi connectivity index (χ1) is 14.5. The van der Waals surface area contributed by atoms with Crippen molar-refractivity contribution in [1.82, 2.24) is 10.2 Å². The summed E-state index contributed by atoms with van der Waals surface area (Å²) in [5.74, 6) is 0.423. The highest BCUT2D eigenvalue weighted by molar-refractivity contribution is 6.30. The van der Waals surface area contributed by atoms with Gasteiger partial charge in [-0.05, 0) is 56.3 Å². The number of amides is 2. The molecule has 0 aromatic heterocycles. The number of halogens is 1. The van der Waals surface area contributed by atoms with Crippen LogP contribution < -0.4 is 15.4 Å². The van der Waals surface area contributed by atoms with E-state index in [4.69, 9.17) is 16.3 Å². The van der Waals surface area contributed by atoms with E-state index < -0.39 is 0 Å². The van der Waals surface area contributed by atoms with Crippen LogP contribution in [0.25, 0.3) is 0 Å². The van der Waals surface area contributed by atoms with E-state index in [0.29, 0.717) is 29.4 Å². The summed E-state index contributed by atoms with van der Waals surface area (Å²) in [4.78, 5) is 27.0. The molecule has 3 rings (SSSR count). The molecule has 2 aromatic rings. The molecular weight excluding hydrogens is 402 g/mol. The van der Waals surface area contributed by atoms with Crippen molar-refractivity contribution in [3.63, 3.8) is 0 Å². The van der Waals surface area contributed by atoms with Crippen LogP contribution >= 0.6 is 11.6 Å². The minimum absolute atomic E-state index is 0.137. The van der Waals surface area contributed by atoms with Crippen LogP contribution in [0.4, 0.5) is 5.69 Å². The van der Waals surface area contributed by atoms with Crippen molar-refractivity contribution >= 4 is 29.1 Å². The van der Waals surface area contributed by atoms with Gasteiger partial charge in [-0.3, -0.25) is 14.5 Å². The number of hydrogen-bond donors (Lipinski definition) is 2. The molecule has 2 aromatic carbocycles. The minimum atomic E-state index is -0.176. The summed E-state index contributed by atoms with van der Waals surface area (Å²) in [6.07, 6.45) is 4.33. The number of anilines is 1. The van der Waals surface area contributed by atoms with E-state index in [0.717, 1.165) is 31.4 Å². The lowest BCUT2D eigenvalue weighted by atomic mass is 10.1. The van der Waals surface area contributed by atoms with E-state index in [-0.39, 0.29) is 24.4 Å². The van der Waals surface area contributed by atoms with E-state index in [1.54, 1.807) is 30.3 Å². The first-order valence-corrected chi connectivity index (χ1v) is 10.7. The highest BCUT2D eigenvalue weighted by Crippen LogP contribution is 2.20. The Labute approximate surface area is 182 Å².